The highest BCUT2D eigenvalue weighted by Gasteiger charge is 2.07. The third-order valence-electron chi connectivity index (χ3n) is 1.80. The highest BCUT2D eigenvalue weighted by atomic mass is 79.9. The van der Waals surface area contributed by atoms with Crippen LogP contribution in [0.15, 0.2) is 15.9 Å². The van der Waals surface area contributed by atoms with Crippen molar-refractivity contribution in [1.82, 2.24) is 0 Å². The zero-order valence-electron chi connectivity index (χ0n) is 8.61. The van der Waals surface area contributed by atoms with Gasteiger partial charge in [0, 0.05) is 28.3 Å². The van der Waals surface area contributed by atoms with Crippen LogP contribution in [0.1, 0.15) is 4.88 Å². The Morgan fingerprint density at radius 2 is 2.33 bits per heavy atom. The van der Waals surface area contributed by atoms with Gasteiger partial charge in [-0.15, -0.1) is 11.3 Å². The lowest BCUT2D eigenvalue weighted by Gasteiger charge is -2.09. The Bertz CT molecular complexity index is 277. The second-order valence-corrected chi connectivity index (χ2v) is 5.07. The minimum absolute atomic E-state index is 0.360. The molecule has 15 heavy (non-hydrogen) atoms. The molecular weight excluding hydrogens is 280 g/mol. The molecule has 0 aromatic carbocycles. The average Bonchev–Trinajstić information content (AvgIpc) is 2.59. The van der Waals surface area contributed by atoms with Crippen LogP contribution in [0, 0.1) is 0 Å². The predicted molar refractivity (Wildman–Crippen MR) is 64.4 cm³/mol. The minimum atomic E-state index is -0.438. The average molecular weight is 295 g/mol. The lowest BCUT2D eigenvalue weighted by Crippen LogP contribution is -2.19. The van der Waals surface area contributed by atoms with Crippen molar-refractivity contribution in [3.63, 3.8) is 0 Å². The van der Waals surface area contributed by atoms with E-state index in [0.29, 0.717) is 26.2 Å². The van der Waals surface area contributed by atoms with E-state index >= 15 is 0 Å². The third-order valence-corrected chi connectivity index (χ3v) is 3.52. The van der Waals surface area contributed by atoms with E-state index in [-0.39, 0.29) is 0 Å². The van der Waals surface area contributed by atoms with Gasteiger partial charge >= 0.3 is 0 Å². The lowest BCUT2D eigenvalue weighted by atomic mass is 10.2. The van der Waals surface area contributed by atoms with Gasteiger partial charge < -0.3 is 14.6 Å². The molecule has 86 valence electrons. The van der Waals surface area contributed by atoms with E-state index in [1.807, 2.05) is 11.4 Å². The summed E-state index contributed by atoms with van der Waals surface area (Å²) in [7, 11) is 1.63. The van der Waals surface area contributed by atoms with Crippen LogP contribution in [-0.2, 0) is 15.9 Å². The largest absolute Gasteiger partial charge is 0.390 e. The van der Waals surface area contributed by atoms with Gasteiger partial charge in [-0.05, 0) is 22.0 Å². The monoisotopic (exact) mass is 294 g/mol. The first-order valence-corrected chi connectivity index (χ1v) is 6.37. The maximum absolute atomic E-state index is 9.64. The molecule has 0 radical (unpaired) electrons. The number of methoxy groups -OCH3 is 1. The van der Waals surface area contributed by atoms with Gasteiger partial charge in [0.2, 0.25) is 0 Å². The van der Waals surface area contributed by atoms with Crippen LogP contribution in [0.4, 0.5) is 0 Å². The maximum atomic E-state index is 9.64. The molecule has 3 nitrogen and oxygen atoms in total. The first-order valence-electron chi connectivity index (χ1n) is 4.70. The van der Waals surface area contributed by atoms with Crippen molar-refractivity contribution in [3.8, 4) is 0 Å². The number of aliphatic hydroxyl groups excluding tert-OH is 1. The summed E-state index contributed by atoms with van der Waals surface area (Å²) in [5.41, 5.74) is 0. The Hall–Kier alpha value is 0.0600. The van der Waals surface area contributed by atoms with Crippen LogP contribution >= 0.6 is 27.3 Å². The number of thiophene rings is 1. The molecule has 1 unspecified atom stereocenters. The molecule has 0 fully saturated rings. The van der Waals surface area contributed by atoms with Crippen molar-refractivity contribution in [1.29, 1.82) is 0 Å². The van der Waals surface area contributed by atoms with E-state index in [1.165, 1.54) is 0 Å². The van der Waals surface area contributed by atoms with Gasteiger partial charge in [-0.2, -0.15) is 0 Å². The van der Waals surface area contributed by atoms with Gasteiger partial charge in [-0.3, -0.25) is 0 Å². The van der Waals surface area contributed by atoms with Crippen molar-refractivity contribution in [3.05, 3.63) is 20.8 Å². The van der Waals surface area contributed by atoms with Gasteiger partial charge in [0.05, 0.1) is 25.9 Å². The molecule has 0 aliphatic rings. The van der Waals surface area contributed by atoms with Crippen molar-refractivity contribution < 1.29 is 14.6 Å². The zero-order valence-corrected chi connectivity index (χ0v) is 11.0. The molecule has 1 aromatic heterocycles. The van der Waals surface area contributed by atoms with Gasteiger partial charge in [-0.1, -0.05) is 0 Å². The van der Waals surface area contributed by atoms with E-state index in [4.69, 9.17) is 9.47 Å². The molecule has 0 aliphatic carbocycles. The van der Waals surface area contributed by atoms with Crippen LogP contribution in [0.3, 0.4) is 0 Å². The van der Waals surface area contributed by atoms with E-state index in [9.17, 15) is 5.11 Å². The molecule has 1 N–H and O–H groups in total. The van der Waals surface area contributed by atoms with Crippen LogP contribution in [0.5, 0.6) is 0 Å². The second-order valence-electron chi connectivity index (χ2n) is 3.16. The van der Waals surface area contributed by atoms with E-state index in [2.05, 4.69) is 15.9 Å². The first-order chi connectivity index (χ1) is 7.22. The molecule has 0 spiro atoms. The molecular formula is C10H15BrO3S. The quantitative estimate of drug-likeness (QED) is 0.783. The number of aliphatic hydroxyl groups is 1. The molecule has 1 aromatic rings. The minimum Gasteiger partial charge on any atom is -0.390 e. The Morgan fingerprint density at radius 3 is 2.93 bits per heavy atom. The summed E-state index contributed by atoms with van der Waals surface area (Å²) in [5.74, 6) is 0. The standard InChI is InChI=1S/C10H15BrO3S/c1-13-2-3-14-6-9(12)5-10-4-8(11)7-15-10/h4,7,9,12H,2-3,5-6H2,1H3. The molecule has 0 aliphatic heterocycles. The van der Waals surface area contributed by atoms with E-state index < -0.39 is 6.10 Å². The topological polar surface area (TPSA) is 38.7 Å². The van der Waals surface area contributed by atoms with E-state index in [1.54, 1.807) is 18.4 Å². The van der Waals surface area contributed by atoms with Crippen LogP contribution in [0.2, 0.25) is 0 Å². The van der Waals surface area contributed by atoms with Gasteiger partial charge in [0.1, 0.15) is 0 Å². The Morgan fingerprint density at radius 1 is 1.53 bits per heavy atom. The number of hydrogen-bond acceptors (Lipinski definition) is 4. The fourth-order valence-electron chi connectivity index (χ4n) is 1.11. The SMILES string of the molecule is COCCOCC(O)Cc1cc(Br)cs1. The first kappa shape index (κ1) is 13.1. The number of ether oxygens (including phenoxy) is 2. The zero-order chi connectivity index (χ0) is 11.1. The fourth-order valence-corrected chi connectivity index (χ4v) is 2.64. The molecule has 5 heteroatoms. The Kier molecular flexibility index (Phi) is 6.43. The number of rotatable bonds is 7. The maximum Gasteiger partial charge on any atom is 0.0821 e. The summed E-state index contributed by atoms with van der Waals surface area (Å²) < 4.78 is 11.1. The molecule has 0 saturated carbocycles. The highest BCUT2D eigenvalue weighted by Crippen LogP contribution is 2.20. The molecule has 0 amide bonds. The van der Waals surface area contributed by atoms with Gasteiger partial charge in [0.15, 0.2) is 0 Å². The second kappa shape index (κ2) is 7.35. The van der Waals surface area contributed by atoms with Gasteiger partial charge in [0.25, 0.3) is 0 Å². The summed E-state index contributed by atoms with van der Waals surface area (Å²) in [6.45, 7) is 1.46. The normalized spacial score (nSPS) is 13.0. The van der Waals surface area contributed by atoms with Crippen LogP contribution < -0.4 is 0 Å². The van der Waals surface area contributed by atoms with Crippen molar-refractivity contribution in [2.45, 2.75) is 12.5 Å². The summed E-state index contributed by atoms with van der Waals surface area (Å²) in [6, 6.07) is 2.02. The molecule has 1 atom stereocenters. The van der Waals surface area contributed by atoms with E-state index in [0.717, 1.165) is 9.35 Å². The molecule has 0 bridgehead atoms. The summed E-state index contributed by atoms with van der Waals surface area (Å²) in [4.78, 5) is 1.16. The Balaban J connectivity index is 2.15. The summed E-state index contributed by atoms with van der Waals surface area (Å²) in [6.07, 6.45) is 0.205. The van der Waals surface area contributed by atoms with Crippen molar-refractivity contribution in [2.24, 2.45) is 0 Å². The van der Waals surface area contributed by atoms with Crippen molar-refractivity contribution in [2.75, 3.05) is 26.9 Å². The van der Waals surface area contributed by atoms with Crippen molar-refractivity contribution >= 4 is 27.3 Å². The summed E-state index contributed by atoms with van der Waals surface area (Å²) in [5, 5.41) is 11.6. The summed E-state index contributed by atoms with van der Waals surface area (Å²) >= 11 is 5.01. The highest BCUT2D eigenvalue weighted by molar-refractivity contribution is 9.10. The smallest absolute Gasteiger partial charge is 0.0821 e. The third kappa shape index (κ3) is 5.63. The molecule has 0 saturated heterocycles. The molecule has 1 heterocycles. The Labute approximate surface area is 102 Å². The number of halogens is 1. The number of hydrogen-bond donors (Lipinski definition) is 1. The van der Waals surface area contributed by atoms with Gasteiger partial charge in [-0.25, -0.2) is 0 Å². The van der Waals surface area contributed by atoms with Crippen LogP contribution in [0.25, 0.3) is 0 Å². The molecule has 1 rings (SSSR count). The fraction of sp³-hybridized carbons (Fsp3) is 0.600. The predicted octanol–water partition coefficient (Wildman–Crippen LogP) is 2.08. The lowest BCUT2D eigenvalue weighted by molar-refractivity contribution is 0.0139. The van der Waals surface area contributed by atoms with Crippen LogP contribution in [-0.4, -0.2) is 38.1 Å².